The molecule has 3 fully saturated rings. The van der Waals surface area contributed by atoms with E-state index in [2.05, 4.69) is 4.90 Å². The van der Waals surface area contributed by atoms with Gasteiger partial charge in [-0.25, -0.2) is 8.42 Å². The lowest BCUT2D eigenvalue weighted by molar-refractivity contribution is 0.0667. The second-order valence-electron chi connectivity index (χ2n) is 10.3. The van der Waals surface area contributed by atoms with Gasteiger partial charge in [-0.1, -0.05) is 19.3 Å². The fourth-order valence-corrected chi connectivity index (χ4v) is 7.63. The Labute approximate surface area is 205 Å². The highest BCUT2D eigenvalue weighted by molar-refractivity contribution is 7.89. The Bertz CT molecular complexity index is 935. The Morgan fingerprint density at radius 3 is 2.26 bits per heavy atom. The van der Waals surface area contributed by atoms with Crippen LogP contribution >= 0.6 is 0 Å². The third-order valence-corrected chi connectivity index (χ3v) is 9.89. The van der Waals surface area contributed by atoms with Crippen LogP contribution < -0.4 is 4.74 Å². The third kappa shape index (κ3) is 5.77. The van der Waals surface area contributed by atoms with E-state index in [1.807, 2.05) is 11.8 Å². The van der Waals surface area contributed by atoms with Crippen LogP contribution in [0.3, 0.4) is 0 Å². The van der Waals surface area contributed by atoms with Crippen LogP contribution in [0.5, 0.6) is 5.75 Å². The monoisotopic (exact) mass is 491 g/mol. The molecular formula is C26H41N3O4S. The van der Waals surface area contributed by atoms with Crippen LogP contribution in [0.2, 0.25) is 0 Å². The first-order chi connectivity index (χ1) is 16.4. The van der Waals surface area contributed by atoms with Crippen LogP contribution in [-0.4, -0.2) is 80.9 Å². The minimum Gasteiger partial charge on any atom is -0.495 e. The van der Waals surface area contributed by atoms with Crippen molar-refractivity contribution < 1.29 is 17.9 Å². The largest absolute Gasteiger partial charge is 0.495 e. The van der Waals surface area contributed by atoms with Crippen LogP contribution in [0.25, 0.3) is 0 Å². The average Bonchev–Trinajstić information content (AvgIpc) is 3.12. The van der Waals surface area contributed by atoms with Crippen molar-refractivity contribution in [3.8, 4) is 5.75 Å². The summed E-state index contributed by atoms with van der Waals surface area (Å²) < 4.78 is 34.0. The maximum atomic E-state index is 13.5. The number of piperidine rings is 2. The molecule has 190 valence electrons. The molecule has 34 heavy (non-hydrogen) atoms. The zero-order valence-electron chi connectivity index (χ0n) is 20.9. The first-order valence-corrected chi connectivity index (χ1v) is 14.6. The Kier molecular flexibility index (Phi) is 8.53. The number of carbonyl (C=O) groups is 1. The lowest BCUT2D eigenvalue weighted by atomic mass is 9.95. The maximum absolute atomic E-state index is 13.5. The van der Waals surface area contributed by atoms with Crippen molar-refractivity contribution >= 4 is 15.9 Å². The lowest BCUT2D eigenvalue weighted by Crippen LogP contribution is -2.42. The smallest absolute Gasteiger partial charge is 0.253 e. The van der Waals surface area contributed by atoms with Gasteiger partial charge in [-0.15, -0.1) is 0 Å². The van der Waals surface area contributed by atoms with Gasteiger partial charge >= 0.3 is 0 Å². The number of likely N-dealkylation sites (tertiary alicyclic amines) is 2. The van der Waals surface area contributed by atoms with Crippen molar-refractivity contribution in [3.05, 3.63) is 23.8 Å². The molecule has 3 aliphatic heterocycles. The normalized spacial score (nSPS) is 24.1. The minimum atomic E-state index is -3.74. The minimum absolute atomic E-state index is 0.0500. The molecule has 1 aromatic carbocycles. The Morgan fingerprint density at radius 1 is 0.941 bits per heavy atom. The third-order valence-electron chi connectivity index (χ3n) is 7.86. The van der Waals surface area contributed by atoms with E-state index in [-0.39, 0.29) is 16.8 Å². The van der Waals surface area contributed by atoms with Gasteiger partial charge in [-0.05, 0) is 82.7 Å². The molecule has 3 aliphatic rings. The molecule has 0 radical (unpaired) electrons. The van der Waals surface area contributed by atoms with Crippen molar-refractivity contribution in [2.24, 2.45) is 5.92 Å². The second-order valence-corrected chi connectivity index (χ2v) is 12.1. The van der Waals surface area contributed by atoms with E-state index in [9.17, 15) is 13.2 Å². The van der Waals surface area contributed by atoms with Crippen molar-refractivity contribution in [1.29, 1.82) is 0 Å². The molecule has 3 saturated heterocycles. The highest BCUT2D eigenvalue weighted by Gasteiger charge is 2.34. The number of nitrogens with zero attached hydrogens (tertiary/aromatic N) is 3. The van der Waals surface area contributed by atoms with Crippen molar-refractivity contribution in [3.63, 3.8) is 0 Å². The van der Waals surface area contributed by atoms with E-state index >= 15 is 0 Å². The number of hydrogen-bond donors (Lipinski definition) is 0. The number of ether oxygens (including phenoxy) is 1. The van der Waals surface area contributed by atoms with Gasteiger partial charge in [0.25, 0.3) is 5.91 Å². The molecule has 0 aliphatic carbocycles. The summed E-state index contributed by atoms with van der Waals surface area (Å²) in [6.07, 6.45) is 10.1. The second kappa shape index (κ2) is 11.4. The number of benzene rings is 1. The van der Waals surface area contributed by atoms with E-state index in [0.29, 0.717) is 23.8 Å². The number of sulfonamides is 1. The number of methoxy groups -OCH3 is 1. The van der Waals surface area contributed by atoms with Gasteiger partial charge < -0.3 is 14.5 Å². The molecule has 1 aromatic rings. The summed E-state index contributed by atoms with van der Waals surface area (Å²) in [5.41, 5.74) is 0.426. The number of amides is 1. The SMILES string of the molecule is COc1ccc(C(=O)N2CCC(CN3CCCCCC3)CC2)cc1S(=O)(=O)N1CCCCC1C. The predicted octanol–water partition coefficient (Wildman–Crippen LogP) is 3.99. The quantitative estimate of drug-likeness (QED) is 0.602. The summed E-state index contributed by atoms with van der Waals surface area (Å²) in [5.74, 6) is 0.846. The van der Waals surface area contributed by atoms with Crippen molar-refractivity contribution in [2.75, 3.05) is 46.4 Å². The molecule has 8 heteroatoms. The molecule has 0 bridgehead atoms. The van der Waals surface area contributed by atoms with Crippen molar-refractivity contribution in [2.45, 2.75) is 75.6 Å². The highest BCUT2D eigenvalue weighted by atomic mass is 32.2. The molecule has 0 spiro atoms. The van der Waals surface area contributed by atoms with Crippen LogP contribution in [0, 0.1) is 5.92 Å². The molecule has 1 amide bonds. The number of hydrogen-bond acceptors (Lipinski definition) is 5. The zero-order valence-corrected chi connectivity index (χ0v) is 21.7. The zero-order chi connectivity index (χ0) is 24.1. The lowest BCUT2D eigenvalue weighted by Gasteiger charge is -2.35. The van der Waals surface area contributed by atoms with E-state index in [1.54, 1.807) is 16.4 Å². The van der Waals surface area contributed by atoms with Gasteiger partial charge in [0.1, 0.15) is 10.6 Å². The molecule has 4 rings (SSSR count). The van der Waals surface area contributed by atoms with Gasteiger partial charge in [0.05, 0.1) is 7.11 Å². The number of carbonyl (C=O) groups excluding carboxylic acids is 1. The summed E-state index contributed by atoms with van der Waals surface area (Å²) in [7, 11) is -2.26. The van der Waals surface area contributed by atoms with E-state index in [0.717, 1.165) is 51.7 Å². The Hall–Kier alpha value is -1.64. The number of rotatable bonds is 6. The summed E-state index contributed by atoms with van der Waals surface area (Å²) in [6, 6.07) is 4.80. The fourth-order valence-electron chi connectivity index (χ4n) is 5.75. The van der Waals surface area contributed by atoms with Gasteiger partial charge in [-0.2, -0.15) is 4.31 Å². The maximum Gasteiger partial charge on any atom is 0.253 e. The summed E-state index contributed by atoms with van der Waals surface area (Å²) >= 11 is 0. The van der Waals surface area contributed by atoms with Crippen molar-refractivity contribution in [1.82, 2.24) is 14.1 Å². The van der Waals surface area contributed by atoms with E-state index in [1.165, 1.54) is 51.9 Å². The summed E-state index contributed by atoms with van der Waals surface area (Å²) in [5, 5.41) is 0. The van der Waals surface area contributed by atoms with Gasteiger partial charge in [-0.3, -0.25) is 4.79 Å². The van der Waals surface area contributed by atoms with Crippen LogP contribution in [0.15, 0.2) is 23.1 Å². The molecule has 1 unspecified atom stereocenters. The molecule has 0 saturated carbocycles. The summed E-state index contributed by atoms with van der Waals surface area (Å²) in [6.45, 7) is 7.48. The fraction of sp³-hybridized carbons (Fsp3) is 0.731. The van der Waals surface area contributed by atoms with Crippen LogP contribution in [0.4, 0.5) is 0 Å². The first kappa shape index (κ1) is 25.5. The molecule has 1 atom stereocenters. The van der Waals surface area contributed by atoms with Gasteiger partial charge in [0.15, 0.2) is 0 Å². The average molecular weight is 492 g/mol. The topological polar surface area (TPSA) is 70.2 Å². The molecule has 0 N–H and O–H groups in total. The molecule has 0 aromatic heterocycles. The van der Waals surface area contributed by atoms with E-state index in [4.69, 9.17) is 4.74 Å². The Balaban J connectivity index is 1.43. The molecular weight excluding hydrogens is 450 g/mol. The molecule has 3 heterocycles. The highest BCUT2D eigenvalue weighted by Crippen LogP contribution is 2.32. The van der Waals surface area contributed by atoms with Crippen LogP contribution in [-0.2, 0) is 10.0 Å². The molecule has 7 nitrogen and oxygen atoms in total. The Morgan fingerprint density at radius 2 is 1.62 bits per heavy atom. The first-order valence-electron chi connectivity index (χ1n) is 13.1. The predicted molar refractivity (Wildman–Crippen MR) is 134 cm³/mol. The standard InChI is InChI=1S/C26H41N3O4S/c1-21-9-5-8-16-29(21)34(31,32)25-19-23(10-11-24(25)33-2)26(30)28-17-12-22(13-18-28)20-27-14-6-3-4-7-15-27/h10-11,19,21-22H,3-9,12-18,20H2,1-2H3. The van der Waals surface area contributed by atoms with Gasteiger partial charge in [0, 0.05) is 37.8 Å². The van der Waals surface area contributed by atoms with Crippen LogP contribution in [0.1, 0.15) is 75.1 Å². The van der Waals surface area contributed by atoms with E-state index < -0.39 is 10.0 Å². The summed E-state index contributed by atoms with van der Waals surface area (Å²) in [4.78, 5) is 17.9. The van der Waals surface area contributed by atoms with Gasteiger partial charge in [0.2, 0.25) is 10.0 Å².